The Hall–Kier alpha value is -1.23. The van der Waals surface area contributed by atoms with Crippen LogP contribution in [0, 0.1) is 0 Å². The number of aliphatic hydroxyl groups excluding tert-OH is 1. The molecule has 0 bridgehead atoms. The van der Waals surface area contributed by atoms with Crippen LogP contribution in [0.2, 0.25) is 0 Å². The average molecular weight is 264 g/mol. The first kappa shape index (κ1) is 13.2. The fourth-order valence-electron chi connectivity index (χ4n) is 1.45. The van der Waals surface area contributed by atoms with E-state index in [-0.39, 0.29) is 0 Å². The van der Waals surface area contributed by atoms with Crippen LogP contribution >= 0.6 is 11.8 Å². The minimum absolute atomic E-state index is 0.320. The first-order valence-electron chi connectivity index (χ1n) is 5.80. The normalized spacial score (nSPS) is 12.5. The van der Waals surface area contributed by atoms with Crippen LogP contribution in [0.4, 0.5) is 0 Å². The van der Waals surface area contributed by atoms with Gasteiger partial charge in [-0.2, -0.15) is 0 Å². The van der Waals surface area contributed by atoms with E-state index < -0.39 is 6.10 Å². The molecule has 1 aromatic heterocycles. The molecule has 1 aromatic carbocycles. The molecule has 2 aromatic rings. The summed E-state index contributed by atoms with van der Waals surface area (Å²) in [5.41, 5.74) is 0. The fourth-order valence-corrected chi connectivity index (χ4v) is 2.28. The topological polar surface area (TPSA) is 42.6 Å². The molecule has 2 rings (SSSR count). The number of ether oxygens (including phenoxy) is 1. The van der Waals surface area contributed by atoms with Gasteiger partial charge in [-0.05, 0) is 24.3 Å². The molecule has 3 nitrogen and oxygen atoms in total. The summed E-state index contributed by atoms with van der Waals surface area (Å²) in [7, 11) is 0. The lowest BCUT2D eigenvalue weighted by molar-refractivity contribution is 0.0328. The molecule has 0 spiro atoms. The summed E-state index contributed by atoms with van der Waals surface area (Å²) in [4.78, 5) is 1.16. The highest BCUT2D eigenvalue weighted by Crippen LogP contribution is 2.18. The van der Waals surface area contributed by atoms with Gasteiger partial charge in [-0.3, -0.25) is 0 Å². The molecular weight excluding hydrogens is 248 g/mol. The predicted octanol–water partition coefficient (Wildman–Crippen LogP) is 2.95. The number of furan rings is 1. The first-order chi connectivity index (χ1) is 8.84. The second-order valence-electron chi connectivity index (χ2n) is 3.87. The lowest BCUT2D eigenvalue weighted by Gasteiger charge is -2.10. The maximum atomic E-state index is 9.76. The van der Waals surface area contributed by atoms with E-state index in [0.717, 1.165) is 10.7 Å². The van der Waals surface area contributed by atoms with Crippen LogP contribution in [0.15, 0.2) is 58.0 Å². The zero-order valence-corrected chi connectivity index (χ0v) is 10.8. The second kappa shape index (κ2) is 7.26. The van der Waals surface area contributed by atoms with E-state index >= 15 is 0 Å². The van der Waals surface area contributed by atoms with Gasteiger partial charge in [0.05, 0.1) is 19.0 Å². The van der Waals surface area contributed by atoms with Crippen LogP contribution in [0.3, 0.4) is 0 Å². The first-order valence-corrected chi connectivity index (χ1v) is 6.79. The van der Waals surface area contributed by atoms with Crippen molar-refractivity contribution >= 4 is 11.8 Å². The molecule has 0 fully saturated rings. The fraction of sp³-hybridized carbons (Fsp3) is 0.286. The number of benzene rings is 1. The second-order valence-corrected chi connectivity index (χ2v) is 4.97. The Labute approximate surface area is 111 Å². The largest absolute Gasteiger partial charge is 0.467 e. The van der Waals surface area contributed by atoms with Crippen LogP contribution < -0.4 is 0 Å². The number of hydrogen-bond acceptors (Lipinski definition) is 4. The molecule has 18 heavy (non-hydrogen) atoms. The van der Waals surface area contributed by atoms with E-state index in [9.17, 15) is 5.11 Å². The number of rotatable bonds is 7. The van der Waals surface area contributed by atoms with Gasteiger partial charge in [0.2, 0.25) is 0 Å². The van der Waals surface area contributed by atoms with Crippen molar-refractivity contribution < 1.29 is 14.3 Å². The van der Waals surface area contributed by atoms with Crippen molar-refractivity contribution in [3.63, 3.8) is 0 Å². The monoisotopic (exact) mass is 264 g/mol. The molecule has 0 aliphatic carbocycles. The SMILES string of the molecule is OC(COCc1ccco1)CSc1ccccc1. The van der Waals surface area contributed by atoms with Crippen molar-refractivity contribution in [2.75, 3.05) is 12.4 Å². The third kappa shape index (κ3) is 4.56. The third-order valence-corrected chi connectivity index (χ3v) is 3.48. The van der Waals surface area contributed by atoms with E-state index in [1.807, 2.05) is 42.5 Å². The smallest absolute Gasteiger partial charge is 0.129 e. The molecule has 1 unspecified atom stereocenters. The zero-order valence-electron chi connectivity index (χ0n) is 9.99. The number of thioether (sulfide) groups is 1. The molecule has 0 aliphatic rings. The van der Waals surface area contributed by atoms with Gasteiger partial charge in [-0.1, -0.05) is 18.2 Å². The minimum Gasteiger partial charge on any atom is -0.467 e. The molecule has 4 heteroatoms. The van der Waals surface area contributed by atoms with Gasteiger partial charge < -0.3 is 14.3 Å². The third-order valence-electron chi connectivity index (χ3n) is 2.32. The molecule has 1 N–H and O–H groups in total. The van der Waals surface area contributed by atoms with Crippen LogP contribution in [-0.2, 0) is 11.3 Å². The highest BCUT2D eigenvalue weighted by atomic mass is 32.2. The maximum Gasteiger partial charge on any atom is 0.129 e. The van der Waals surface area contributed by atoms with Crippen LogP contribution in [-0.4, -0.2) is 23.6 Å². The lowest BCUT2D eigenvalue weighted by atomic mass is 10.4. The Balaban J connectivity index is 1.62. The van der Waals surface area contributed by atoms with Crippen molar-refractivity contribution in [1.29, 1.82) is 0 Å². The van der Waals surface area contributed by atoms with E-state index in [1.54, 1.807) is 18.0 Å². The van der Waals surface area contributed by atoms with Crippen LogP contribution in [0.25, 0.3) is 0 Å². The van der Waals surface area contributed by atoms with E-state index in [4.69, 9.17) is 9.15 Å². The van der Waals surface area contributed by atoms with Crippen LogP contribution in [0.5, 0.6) is 0 Å². The highest BCUT2D eigenvalue weighted by molar-refractivity contribution is 7.99. The Morgan fingerprint density at radius 3 is 2.72 bits per heavy atom. The van der Waals surface area contributed by atoms with Gasteiger partial charge in [0.25, 0.3) is 0 Å². The van der Waals surface area contributed by atoms with Gasteiger partial charge >= 0.3 is 0 Å². The van der Waals surface area contributed by atoms with Gasteiger partial charge in [0.15, 0.2) is 0 Å². The Kier molecular flexibility index (Phi) is 5.33. The lowest BCUT2D eigenvalue weighted by Crippen LogP contribution is -2.17. The number of hydrogen-bond donors (Lipinski definition) is 1. The summed E-state index contributed by atoms with van der Waals surface area (Å²) in [5.74, 6) is 1.40. The predicted molar refractivity (Wildman–Crippen MR) is 71.5 cm³/mol. The van der Waals surface area contributed by atoms with Gasteiger partial charge in [0.1, 0.15) is 12.4 Å². The van der Waals surface area contributed by atoms with Gasteiger partial charge in [-0.15, -0.1) is 11.8 Å². The molecule has 0 saturated carbocycles. The van der Waals surface area contributed by atoms with Crippen molar-refractivity contribution in [3.8, 4) is 0 Å². The summed E-state index contributed by atoms with van der Waals surface area (Å²) >= 11 is 1.62. The summed E-state index contributed by atoms with van der Waals surface area (Å²) in [6.07, 6.45) is 1.14. The molecule has 0 radical (unpaired) electrons. The quantitative estimate of drug-likeness (QED) is 0.781. The molecule has 1 heterocycles. The molecule has 96 valence electrons. The van der Waals surface area contributed by atoms with Crippen molar-refractivity contribution in [2.24, 2.45) is 0 Å². The summed E-state index contributed by atoms with van der Waals surface area (Å²) in [5, 5.41) is 9.76. The summed E-state index contributed by atoms with van der Waals surface area (Å²) in [6.45, 7) is 0.723. The van der Waals surface area contributed by atoms with Gasteiger partial charge in [0, 0.05) is 10.6 Å². The van der Waals surface area contributed by atoms with Gasteiger partial charge in [-0.25, -0.2) is 0 Å². The Bertz CT molecular complexity index is 428. The minimum atomic E-state index is -0.467. The standard InChI is InChI=1S/C14H16O3S/c15-12(9-16-10-13-5-4-8-17-13)11-18-14-6-2-1-3-7-14/h1-8,12,15H,9-11H2. The molecule has 0 amide bonds. The van der Waals surface area contributed by atoms with Crippen molar-refractivity contribution in [3.05, 3.63) is 54.5 Å². The van der Waals surface area contributed by atoms with E-state index in [1.165, 1.54) is 0 Å². The van der Waals surface area contributed by atoms with E-state index in [2.05, 4.69) is 0 Å². The summed E-state index contributed by atoms with van der Waals surface area (Å²) < 4.78 is 10.5. The average Bonchev–Trinajstić information content (AvgIpc) is 2.91. The number of aliphatic hydroxyl groups is 1. The molecule has 0 aliphatic heterocycles. The van der Waals surface area contributed by atoms with Crippen molar-refractivity contribution in [1.82, 2.24) is 0 Å². The van der Waals surface area contributed by atoms with E-state index in [0.29, 0.717) is 19.0 Å². The van der Waals surface area contributed by atoms with Crippen molar-refractivity contribution in [2.45, 2.75) is 17.6 Å². The molecular formula is C14H16O3S. The Morgan fingerprint density at radius 1 is 1.17 bits per heavy atom. The summed E-state index contributed by atoms with van der Waals surface area (Å²) in [6, 6.07) is 13.7. The Morgan fingerprint density at radius 2 is 2.00 bits per heavy atom. The molecule has 1 atom stereocenters. The van der Waals surface area contributed by atoms with Crippen LogP contribution in [0.1, 0.15) is 5.76 Å². The maximum absolute atomic E-state index is 9.76. The highest BCUT2D eigenvalue weighted by Gasteiger charge is 2.06. The zero-order chi connectivity index (χ0) is 12.6. The molecule has 0 saturated heterocycles.